The maximum Gasteiger partial charge on any atom is 0.320 e. The number of pyridine rings is 1. The van der Waals surface area contributed by atoms with Crippen molar-refractivity contribution in [1.29, 1.82) is 5.26 Å². The molecule has 2 N–H and O–H groups in total. The standard InChI is InChI=1S/C32H34N6O3/c1-21-29(25-18-24(19-33)31(39)37(2)20-25)36-38(26-12-8-5-9-13-26)30(21)35-32(40)34-28-17-22(14-15-41-3)16-27(28)23-10-6-4-7-11-23/h4-13,18,20,22,27-28H,14-17H2,1-3H3,(H2,34,35,40)/t22-,27-,28+/m0/s1. The third-order valence-corrected chi connectivity index (χ3v) is 7.87. The number of carbonyl (C=O) groups is 1. The number of anilines is 1. The maximum atomic E-state index is 13.6. The smallest absolute Gasteiger partial charge is 0.320 e. The second-order valence-corrected chi connectivity index (χ2v) is 10.6. The predicted molar refractivity (Wildman–Crippen MR) is 158 cm³/mol. The predicted octanol–water partition coefficient (Wildman–Crippen LogP) is 5.14. The molecule has 5 rings (SSSR count). The number of methoxy groups -OCH3 is 1. The summed E-state index contributed by atoms with van der Waals surface area (Å²) in [6, 6.07) is 23.0. The first-order valence-corrected chi connectivity index (χ1v) is 13.8. The van der Waals surface area contributed by atoms with Crippen molar-refractivity contribution >= 4 is 11.8 Å². The van der Waals surface area contributed by atoms with E-state index < -0.39 is 0 Å². The summed E-state index contributed by atoms with van der Waals surface area (Å²) in [5.74, 6) is 1.17. The minimum Gasteiger partial charge on any atom is -0.385 e. The fraction of sp³-hybridized carbons (Fsp3) is 0.312. The summed E-state index contributed by atoms with van der Waals surface area (Å²) in [5, 5.41) is 20.6. The van der Waals surface area contributed by atoms with Gasteiger partial charge < -0.3 is 14.6 Å². The molecule has 210 valence electrons. The first kappa shape index (κ1) is 27.9. The number of aromatic nitrogens is 3. The lowest BCUT2D eigenvalue weighted by Gasteiger charge is -2.22. The van der Waals surface area contributed by atoms with Gasteiger partial charge in [-0.2, -0.15) is 10.4 Å². The monoisotopic (exact) mass is 550 g/mol. The quantitative estimate of drug-likeness (QED) is 0.315. The van der Waals surface area contributed by atoms with E-state index in [0.717, 1.165) is 30.5 Å². The number of rotatable bonds is 8. The van der Waals surface area contributed by atoms with Crippen LogP contribution in [-0.4, -0.2) is 40.1 Å². The second-order valence-electron chi connectivity index (χ2n) is 10.6. The fourth-order valence-corrected chi connectivity index (χ4v) is 5.80. The zero-order chi connectivity index (χ0) is 28.9. The molecule has 1 aliphatic carbocycles. The number of nitrogens with zero attached hydrogens (tertiary/aromatic N) is 4. The van der Waals surface area contributed by atoms with Crippen molar-refractivity contribution in [3.63, 3.8) is 0 Å². The van der Waals surface area contributed by atoms with Crippen LogP contribution in [0.4, 0.5) is 10.6 Å². The van der Waals surface area contributed by atoms with Gasteiger partial charge in [0.05, 0.1) is 11.4 Å². The second kappa shape index (κ2) is 12.2. The lowest BCUT2D eigenvalue weighted by molar-refractivity contribution is 0.177. The zero-order valence-electron chi connectivity index (χ0n) is 23.5. The van der Waals surface area contributed by atoms with Gasteiger partial charge in [0.25, 0.3) is 5.56 Å². The van der Waals surface area contributed by atoms with Gasteiger partial charge in [0.2, 0.25) is 0 Å². The number of benzene rings is 2. The highest BCUT2D eigenvalue weighted by Gasteiger charge is 2.36. The Kier molecular flexibility index (Phi) is 8.31. The van der Waals surface area contributed by atoms with Crippen LogP contribution in [0.15, 0.2) is 77.7 Å². The first-order valence-electron chi connectivity index (χ1n) is 13.8. The molecule has 0 aliphatic heterocycles. The number of hydrogen-bond donors (Lipinski definition) is 2. The van der Waals surface area contributed by atoms with E-state index in [1.54, 1.807) is 31.1 Å². The van der Waals surface area contributed by atoms with Gasteiger partial charge in [0.15, 0.2) is 0 Å². The molecule has 0 unspecified atom stereocenters. The van der Waals surface area contributed by atoms with Crippen LogP contribution in [-0.2, 0) is 11.8 Å². The Morgan fingerprint density at radius 1 is 1.12 bits per heavy atom. The third-order valence-electron chi connectivity index (χ3n) is 7.87. The van der Waals surface area contributed by atoms with Crippen LogP contribution >= 0.6 is 0 Å². The van der Waals surface area contributed by atoms with Crippen LogP contribution in [0, 0.1) is 24.2 Å². The Labute approximate surface area is 239 Å². The van der Waals surface area contributed by atoms with Gasteiger partial charge in [0, 0.05) is 50.0 Å². The van der Waals surface area contributed by atoms with Crippen LogP contribution in [0.2, 0.25) is 0 Å². The Morgan fingerprint density at radius 3 is 2.51 bits per heavy atom. The maximum absolute atomic E-state index is 13.6. The van der Waals surface area contributed by atoms with Crippen molar-refractivity contribution in [2.75, 3.05) is 19.0 Å². The van der Waals surface area contributed by atoms with E-state index in [1.807, 2.05) is 61.5 Å². The van der Waals surface area contributed by atoms with E-state index in [0.29, 0.717) is 29.6 Å². The molecule has 1 fully saturated rings. The average Bonchev–Trinajstić information content (AvgIpc) is 3.54. The van der Waals surface area contributed by atoms with Crippen LogP contribution < -0.4 is 16.2 Å². The number of aryl methyl sites for hydroxylation is 1. The molecule has 4 aromatic rings. The van der Waals surface area contributed by atoms with Gasteiger partial charge in [-0.15, -0.1) is 0 Å². The number of nitrogens with one attached hydrogen (secondary N) is 2. The van der Waals surface area contributed by atoms with E-state index >= 15 is 0 Å². The van der Waals surface area contributed by atoms with Crippen LogP contribution in [0.5, 0.6) is 0 Å². The molecule has 2 heterocycles. The molecule has 3 atom stereocenters. The summed E-state index contributed by atoms with van der Waals surface area (Å²) >= 11 is 0. The highest BCUT2D eigenvalue weighted by Crippen LogP contribution is 2.40. The van der Waals surface area contributed by atoms with Crippen molar-refractivity contribution in [1.82, 2.24) is 19.7 Å². The minimum absolute atomic E-state index is 0.0297. The molecule has 0 bridgehead atoms. The molecule has 2 aromatic heterocycles. The molecule has 0 radical (unpaired) electrons. The topological polar surface area (TPSA) is 114 Å². The highest BCUT2D eigenvalue weighted by molar-refractivity contribution is 5.91. The lowest BCUT2D eigenvalue weighted by Crippen LogP contribution is -2.40. The Bertz CT molecular complexity index is 1620. The van der Waals surface area contributed by atoms with Crippen molar-refractivity contribution in [2.45, 2.75) is 38.1 Å². The number of para-hydroxylation sites is 1. The van der Waals surface area contributed by atoms with E-state index in [1.165, 1.54) is 10.1 Å². The minimum atomic E-state index is -0.373. The van der Waals surface area contributed by atoms with Crippen LogP contribution in [0.3, 0.4) is 0 Å². The normalized spacial score (nSPS) is 18.1. The van der Waals surface area contributed by atoms with E-state index in [-0.39, 0.29) is 29.1 Å². The Balaban J connectivity index is 1.46. The molecule has 41 heavy (non-hydrogen) atoms. The molecule has 9 nitrogen and oxygen atoms in total. The summed E-state index contributed by atoms with van der Waals surface area (Å²) in [6.45, 7) is 2.57. The molecule has 0 saturated heterocycles. The van der Waals surface area contributed by atoms with Crippen molar-refractivity contribution < 1.29 is 9.53 Å². The highest BCUT2D eigenvalue weighted by atomic mass is 16.5. The molecule has 9 heteroatoms. The molecule has 2 aromatic carbocycles. The van der Waals surface area contributed by atoms with Gasteiger partial charge >= 0.3 is 6.03 Å². The van der Waals surface area contributed by atoms with E-state index in [4.69, 9.17) is 9.84 Å². The van der Waals surface area contributed by atoms with Crippen molar-refractivity contribution in [2.24, 2.45) is 13.0 Å². The Morgan fingerprint density at radius 2 is 1.83 bits per heavy atom. The fourth-order valence-electron chi connectivity index (χ4n) is 5.80. The number of amides is 2. The average molecular weight is 551 g/mol. The van der Waals surface area contributed by atoms with Gasteiger partial charge in [-0.25, -0.2) is 9.48 Å². The van der Waals surface area contributed by atoms with E-state index in [9.17, 15) is 14.9 Å². The molecular formula is C32H34N6O3. The van der Waals surface area contributed by atoms with Gasteiger partial charge in [-0.3, -0.25) is 10.1 Å². The summed E-state index contributed by atoms with van der Waals surface area (Å²) < 4.78 is 8.39. The van der Waals surface area contributed by atoms with Crippen molar-refractivity contribution in [3.05, 3.63) is 100.0 Å². The number of hydrogen-bond acceptors (Lipinski definition) is 5. The summed E-state index contributed by atoms with van der Waals surface area (Å²) in [4.78, 5) is 25.9. The number of ether oxygens (including phenoxy) is 1. The molecule has 2 amide bonds. The molecule has 1 aliphatic rings. The van der Waals surface area contributed by atoms with Gasteiger partial charge in [0.1, 0.15) is 17.5 Å². The lowest BCUT2D eigenvalue weighted by atomic mass is 9.93. The van der Waals surface area contributed by atoms with Gasteiger partial charge in [-0.1, -0.05) is 48.5 Å². The first-order chi connectivity index (χ1) is 19.9. The van der Waals surface area contributed by atoms with Crippen molar-refractivity contribution in [3.8, 4) is 23.0 Å². The molecule has 1 saturated carbocycles. The summed E-state index contributed by atoms with van der Waals surface area (Å²) in [6.07, 6.45) is 4.46. The largest absolute Gasteiger partial charge is 0.385 e. The number of carbonyl (C=O) groups excluding carboxylic acids is 1. The van der Waals surface area contributed by atoms with Crippen LogP contribution in [0.1, 0.15) is 41.9 Å². The van der Waals surface area contributed by atoms with Gasteiger partial charge in [-0.05, 0) is 55.9 Å². The van der Waals surface area contributed by atoms with Crippen LogP contribution in [0.25, 0.3) is 16.9 Å². The Hall–Kier alpha value is -4.68. The molecular weight excluding hydrogens is 516 g/mol. The number of nitriles is 1. The summed E-state index contributed by atoms with van der Waals surface area (Å²) in [7, 11) is 3.32. The summed E-state index contributed by atoms with van der Waals surface area (Å²) in [5.41, 5.74) is 3.54. The zero-order valence-corrected chi connectivity index (χ0v) is 23.5. The third kappa shape index (κ3) is 5.93. The SMILES string of the molecule is COCC[C@@H]1C[C@@H](NC(=O)Nc2c(C)c(-c3cc(C#N)c(=O)n(C)c3)nn2-c2ccccc2)[C@H](c2ccccc2)C1. The van der Waals surface area contributed by atoms with E-state index in [2.05, 4.69) is 22.8 Å². The molecule has 0 spiro atoms. The number of urea groups is 1.